The molecule has 0 rings (SSSR count). The Morgan fingerprint density at radius 1 is 0.594 bits per heavy atom. The zero-order valence-electron chi connectivity index (χ0n) is 20.9. The Bertz CT molecular complexity index is 662. The fourth-order valence-electron chi connectivity index (χ4n) is 4.64. The average Bonchev–Trinajstić information content (AvgIpc) is 2.37. The van der Waals surface area contributed by atoms with E-state index in [4.69, 9.17) is 3.76 Å². The van der Waals surface area contributed by atoms with Crippen LogP contribution in [0.25, 0.3) is 0 Å². The zero-order valence-corrected chi connectivity index (χ0v) is 27.0. The van der Waals surface area contributed by atoms with E-state index >= 15 is 0 Å². The molecule has 0 spiro atoms. The third kappa shape index (κ3) is 7.27. The van der Waals surface area contributed by atoms with Gasteiger partial charge in [-0.15, -0.1) is 0 Å². The summed E-state index contributed by atoms with van der Waals surface area (Å²) in [5, 5.41) is 0. The molecule has 5 nitrogen and oxygen atoms in total. The number of carbonyl (C=O) groups is 2. The van der Waals surface area contributed by atoms with E-state index in [9.17, 15) is 35.9 Å². The van der Waals surface area contributed by atoms with E-state index in [-0.39, 0.29) is 0 Å². The van der Waals surface area contributed by atoms with Crippen LogP contribution in [0.3, 0.4) is 0 Å². The van der Waals surface area contributed by atoms with Crippen molar-refractivity contribution in [2.45, 2.75) is 90.9 Å². The van der Waals surface area contributed by atoms with Gasteiger partial charge in [0.25, 0.3) is 0 Å². The Hall–Kier alpha value is 0.0504. The molecule has 0 saturated heterocycles. The van der Waals surface area contributed by atoms with Gasteiger partial charge < -0.3 is 0 Å². The van der Waals surface area contributed by atoms with E-state index in [1.165, 1.54) is 6.38 Å². The molecule has 0 unspecified atom stereocenters. The molecule has 190 valence electrons. The molecule has 0 amide bonds. The van der Waals surface area contributed by atoms with Gasteiger partial charge in [-0.05, 0) is 0 Å². The molecule has 0 aliphatic rings. The van der Waals surface area contributed by atoms with Crippen molar-refractivity contribution in [3.05, 3.63) is 0 Å². The van der Waals surface area contributed by atoms with Gasteiger partial charge in [0.1, 0.15) is 0 Å². The first-order chi connectivity index (χ1) is 13.5. The van der Waals surface area contributed by atoms with Crippen LogP contribution in [0, 0.1) is 0 Å². The minimum atomic E-state index is -6.20. The standard InChI is InChI=1S/C16H36F6GeN2O3Si4/c1-29(2,3)24(30(4,5)6)23(13(26)15(17,18)19,28-14(27)16(20,21)22)25(31(7,8)9)32(10,11)12/h1-12H3. The molecule has 0 aromatic heterocycles. The zero-order chi connectivity index (χ0) is 26.5. The van der Waals surface area contributed by atoms with Gasteiger partial charge in [-0.1, -0.05) is 0 Å². The SMILES string of the molecule is C[Si](C)(C)[N]([Si](C)(C)C)[Ge]([O]C(=O)C(F)(F)F)([C](=O)C(F)(F)F)[N]([Si](C)(C)C)[Si](C)(C)C. The van der Waals surface area contributed by atoms with Gasteiger partial charge in [-0.3, -0.25) is 0 Å². The Kier molecular flexibility index (Phi) is 9.27. The molecule has 32 heavy (non-hydrogen) atoms. The van der Waals surface area contributed by atoms with Crippen molar-refractivity contribution in [2.24, 2.45) is 0 Å². The molecule has 0 heterocycles. The second-order valence-corrected chi connectivity index (χ2v) is 41.3. The van der Waals surface area contributed by atoms with Gasteiger partial charge in [0.2, 0.25) is 0 Å². The number of hydrogen-bond donors (Lipinski definition) is 0. The number of rotatable bonds is 8. The fraction of sp³-hybridized carbons (Fsp3) is 0.875. The predicted octanol–water partition coefficient (Wildman–Crippen LogP) is 5.65. The van der Waals surface area contributed by atoms with E-state index in [1.54, 1.807) is 78.6 Å². The summed E-state index contributed by atoms with van der Waals surface area (Å²) in [5.74, 6) is -2.72. The van der Waals surface area contributed by atoms with Crippen molar-refractivity contribution in [1.29, 1.82) is 0 Å². The third-order valence-electron chi connectivity index (χ3n) is 4.31. The second kappa shape index (κ2) is 9.25. The van der Waals surface area contributed by atoms with E-state index in [0.29, 0.717) is 0 Å². The normalized spacial score (nSPS) is 15.4. The van der Waals surface area contributed by atoms with Crippen LogP contribution >= 0.6 is 0 Å². The second-order valence-electron chi connectivity index (χ2n) is 11.7. The van der Waals surface area contributed by atoms with Crippen LogP contribution in [0.4, 0.5) is 26.3 Å². The van der Waals surface area contributed by atoms with Gasteiger partial charge >= 0.3 is 195 Å². The summed E-state index contributed by atoms with van der Waals surface area (Å²) < 4.78 is 88.5. The van der Waals surface area contributed by atoms with Crippen LogP contribution in [-0.2, 0) is 13.4 Å². The molecule has 0 aliphatic heterocycles. The molecule has 0 saturated carbocycles. The minimum absolute atomic E-state index is 1.43. The molecule has 0 atom stereocenters. The molecule has 0 bridgehead atoms. The van der Waals surface area contributed by atoms with Crippen LogP contribution in [-0.4, -0.2) is 76.3 Å². The molecule has 0 fully saturated rings. The Labute approximate surface area is 194 Å². The molecule has 0 N–H and O–H groups in total. The quantitative estimate of drug-likeness (QED) is 0.266. The maximum absolute atomic E-state index is 14.2. The monoisotopic (exact) mass is 604 g/mol. The molecular formula is C16H36F6GeN2O3Si4. The first-order valence-electron chi connectivity index (χ1n) is 10.0. The molecule has 0 aromatic rings. The average molecular weight is 603 g/mol. The van der Waals surface area contributed by atoms with E-state index in [0.717, 1.165) is 0 Å². The predicted molar refractivity (Wildman–Crippen MR) is 126 cm³/mol. The van der Waals surface area contributed by atoms with E-state index < -0.39 is 69.9 Å². The van der Waals surface area contributed by atoms with Gasteiger partial charge in [0, 0.05) is 0 Å². The Morgan fingerprint density at radius 3 is 1.00 bits per heavy atom. The van der Waals surface area contributed by atoms with Gasteiger partial charge in [0.15, 0.2) is 0 Å². The summed E-state index contributed by atoms with van der Waals surface area (Å²) in [5.41, 5.74) is 0. The molecule has 0 aliphatic carbocycles. The van der Waals surface area contributed by atoms with Gasteiger partial charge in [0.05, 0.1) is 0 Å². The van der Waals surface area contributed by atoms with Crippen molar-refractivity contribution >= 4 is 57.6 Å². The summed E-state index contributed by atoms with van der Waals surface area (Å²) in [4.78, 5) is 25.6. The van der Waals surface area contributed by atoms with E-state index in [2.05, 4.69) is 0 Å². The van der Waals surface area contributed by atoms with Crippen molar-refractivity contribution < 1.29 is 39.7 Å². The van der Waals surface area contributed by atoms with Crippen molar-refractivity contribution in [2.75, 3.05) is 0 Å². The molecular weight excluding hydrogens is 567 g/mol. The van der Waals surface area contributed by atoms with Crippen molar-refractivity contribution in [3.63, 3.8) is 0 Å². The van der Waals surface area contributed by atoms with Crippen LogP contribution in [0.2, 0.25) is 78.6 Å². The first-order valence-corrected chi connectivity index (χ1v) is 27.6. The summed E-state index contributed by atoms with van der Waals surface area (Å²) >= 11 is -6.20. The van der Waals surface area contributed by atoms with Crippen LogP contribution < -0.4 is 0 Å². The number of carbonyl (C=O) groups excluding carboxylic acids is 2. The Balaban J connectivity index is 8.01. The van der Waals surface area contributed by atoms with Crippen molar-refractivity contribution in [1.82, 2.24) is 6.38 Å². The summed E-state index contributed by atoms with van der Waals surface area (Å²) in [7, 11) is -11.7. The van der Waals surface area contributed by atoms with Crippen LogP contribution in [0.15, 0.2) is 0 Å². The maximum atomic E-state index is 14.2. The van der Waals surface area contributed by atoms with Crippen LogP contribution in [0.1, 0.15) is 0 Å². The number of halogens is 6. The third-order valence-corrected chi connectivity index (χ3v) is 46.3. The number of alkyl halides is 6. The molecule has 0 radical (unpaired) electrons. The molecule has 16 heteroatoms. The fourth-order valence-corrected chi connectivity index (χ4v) is 57.9. The topological polar surface area (TPSA) is 49.9 Å². The summed E-state index contributed by atoms with van der Waals surface area (Å²) in [6.45, 7) is 20.2. The van der Waals surface area contributed by atoms with E-state index in [1.807, 2.05) is 0 Å². The van der Waals surface area contributed by atoms with Gasteiger partial charge in [-0.2, -0.15) is 0 Å². The number of nitrogens with zero attached hydrogens (tertiary/aromatic N) is 2. The summed E-state index contributed by atoms with van der Waals surface area (Å²) in [6.07, 6.45) is -11.0. The van der Waals surface area contributed by atoms with Crippen molar-refractivity contribution in [3.8, 4) is 0 Å². The number of hydrogen-bond acceptors (Lipinski definition) is 5. The molecule has 0 aromatic carbocycles. The Morgan fingerprint density at radius 2 is 0.844 bits per heavy atom. The summed E-state index contributed by atoms with van der Waals surface area (Å²) in [6, 6.07) is 0. The van der Waals surface area contributed by atoms with Gasteiger partial charge in [-0.25, -0.2) is 0 Å². The van der Waals surface area contributed by atoms with Crippen LogP contribution in [0.5, 0.6) is 0 Å². The first kappa shape index (κ1) is 32.1.